The highest BCUT2D eigenvalue weighted by atomic mass is 35.5. The summed E-state index contributed by atoms with van der Waals surface area (Å²) in [7, 11) is 1.44. The molecule has 0 bridgehead atoms. The van der Waals surface area contributed by atoms with Gasteiger partial charge in [-0.3, -0.25) is 14.6 Å². The zero-order chi connectivity index (χ0) is 31.4. The number of benzene rings is 1. The van der Waals surface area contributed by atoms with Crippen molar-refractivity contribution in [2.45, 2.75) is 47.0 Å². The van der Waals surface area contributed by atoms with Gasteiger partial charge in [-0.2, -0.15) is 5.26 Å². The third-order valence-corrected chi connectivity index (χ3v) is 8.90. The van der Waals surface area contributed by atoms with E-state index >= 15 is 0 Å². The van der Waals surface area contributed by atoms with Gasteiger partial charge in [0.15, 0.2) is 0 Å². The number of hydrogen-bond acceptors (Lipinski definition) is 11. The summed E-state index contributed by atoms with van der Waals surface area (Å²) in [5.74, 6) is -1.63. The molecule has 13 heteroatoms. The van der Waals surface area contributed by atoms with Crippen LogP contribution in [0.4, 0.5) is 0 Å². The maximum Gasteiger partial charge on any atom is 0.328 e. The van der Waals surface area contributed by atoms with Gasteiger partial charge in [-0.1, -0.05) is 17.7 Å². The molecule has 0 fully saturated rings. The number of aromatic nitrogens is 4. The zero-order valence-electron chi connectivity index (χ0n) is 23.8. The lowest BCUT2D eigenvalue weighted by molar-refractivity contribution is -0.139. The van der Waals surface area contributed by atoms with E-state index < -0.39 is 21.4 Å². The molecule has 43 heavy (non-hydrogen) atoms. The Bertz CT molecular complexity index is 1730. The second kappa shape index (κ2) is 13.0. The highest BCUT2D eigenvalue weighted by Crippen LogP contribution is 2.44. The predicted octanol–water partition coefficient (Wildman–Crippen LogP) is 6.57. The minimum Gasteiger partial charge on any atom is -0.480 e. The summed E-state index contributed by atoms with van der Waals surface area (Å²) in [4.78, 5) is 43.8. The fraction of sp³-hybridized carbons (Fsp3) is 0.233. The Kier molecular flexibility index (Phi) is 9.59. The molecule has 4 aromatic rings. The average molecular weight is 636 g/mol. The summed E-state index contributed by atoms with van der Waals surface area (Å²) in [5, 5.41) is 19.3. The fourth-order valence-corrected chi connectivity index (χ4v) is 6.09. The summed E-state index contributed by atoms with van der Waals surface area (Å²) in [6.07, 6.45) is 7.71. The van der Waals surface area contributed by atoms with Crippen LogP contribution in [-0.4, -0.2) is 53.6 Å². The van der Waals surface area contributed by atoms with E-state index in [1.165, 1.54) is 37.5 Å². The normalized spacial score (nSPS) is 11.5. The Morgan fingerprint density at radius 1 is 0.930 bits per heavy atom. The van der Waals surface area contributed by atoms with Crippen LogP contribution in [0.15, 0.2) is 71.1 Å². The minimum absolute atomic E-state index is 0.0209. The van der Waals surface area contributed by atoms with Crippen LogP contribution < -0.4 is 9.47 Å². The molecule has 0 atom stereocenters. The Labute approximate surface area is 261 Å². The number of nitriles is 1. The fourth-order valence-electron chi connectivity index (χ4n) is 3.71. The molecular weight excluding hydrogens is 610 g/mol. The molecule has 0 aliphatic heterocycles. The topological polar surface area (TPSA) is 148 Å². The first-order valence-electron chi connectivity index (χ1n) is 12.7. The van der Waals surface area contributed by atoms with Gasteiger partial charge >= 0.3 is 17.9 Å². The van der Waals surface area contributed by atoms with E-state index in [2.05, 4.69) is 19.9 Å². The Morgan fingerprint density at radius 2 is 1.60 bits per heavy atom. The predicted molar refractivity (Wildman–Crippen MR) is 164 cm³/mol. The number of carboxylic acids is 1. The second-order valence-electron chi connectivity index (χ2n) is 10.0. The third-order valence-electron chi connectivity index (χ3n) is 6.09. The standard InChI is InChI=1S/C30H26ClN5O5S2/c1-29(2,26(37)38)43-23-9-11-34-25(24(23)19-14-35-28(40-5)36-15-19)41-27(39)30(3,4)42-22-8-10-33-16-20(22)17-6-7-18(13-32)21(31)12-17/h6-12,14-16H,1-5H3,(H,37,38). The van der Waals surface area contributed by atoms with Gasteiger partial charge in [-0.05, 0) is 57.5 Å². The van der Waals surface area contributed by atoms with Crippen LogP contribution in [0.5, 0.6) is 11.9 Å². The molecule has 1 aromatic carbocycles. The highest BCUT2D eigenvalue weighted by Gasteiger charge is 2.35. The van der Waals surface area contributed by atoms with Gasteiger partial charge in [-0.15, -0.1) is 23.5 Å². The molecule has 220 valence electrons. The first kappa shape index (κ1) is 31.7. The van der Waals surface area contributed by atoms with Gasteiger partial charge in [0.25, 0.3) is 0 Å². The van der Waals surface area contributed by atoms with Crippen molar-refractivity contribution in [1.82, 2.24) is 19.9 Å². The molecule has 0 radical (unpaired) electrons. The largest absolute Gasteiger partial charge is 0.480 e. The van der Waals surface area contributed by atoms with Crippen LogP contribution >= 0.6 is 35.1 Å². The molecule has 10 nitrogen and oxygen atoms in total. The first-order valence-corrected chi connectivity index (χ1v) is 14.7. The van der Waals surface area contributed by atoms with E-state index in [-0.39, 0.29) is 11.9 Å². The molecule has 0 unspecified atom stereocenters. The molecule has 1 N–H and O–H groups in total. The molecule has 0 saturated carbocycles. The van der Waals surface area contributed by atoms with Crippen LogP contribution in [-0.2, 0) is 9.59 Å². The van der Waals surface area contributed by atoms with Crippen molar-refractivity contribution in [2.75, 3.05) is 7.11 Å². The molecule has 0 spiro atoms. The number of methoxy groups -OCH3 is 1. The first-order chi connectivity index (χ1) is 20.4. The van der Waals surface area contributed by atoms with Crippen molar-refractivity contribution < 1.29 is 24.2 Å². The quantitative estimate of drug-likeness (QED) is 0.148. The number of carboxylic acid groups (broad SMARTS) is 1. The molecule has 0 aliphatic rings. The number of hydrogen-bond donors (Lipinski definition) is 1. The summed E-state index contributed by atoms with van der Waals surface area (Å²) in [6, 6.07) is 10.7. The number of esters is 1. The Balaban J connectivity index is 1.69. The SMILES string of the molecule is COc1ncc(-c2c(SC(C)(C)C(=O)O)ccnc2OC(=O)C(C)(C)Sc2ccncc2-c2ccc(C#N)c(Cl)c2)cn1. The molecule has 0 aliphatic carbocycles. The van der Waals surface area contributed by atoms with Crippen molar-refractivity contribution >= 4 is 47.1 Å². The van der Waals surface area contributed by atoms with Gasteiger partial charge in [0.2, 0.25) is 5.88 Å². The maximum atomic E-state index is 13.7. The molecule has 4 rings (SSSR count). The van der Waals surface area contributed by atoms with Crippen LogP contribution in [0.2, 0.25) is 5.02 Å². The number of pyridine rings is 2. The average Bonchev–Trinajstić information content (AvgIpc) is 2.97. The third kappa shape index (κ3) is 7.25. The molecule has 3 aromatic heterocycles. The van der Waals surface area contributed by atoms with Gasteiger partial charge in [0.1, 0.15) is 15.6 Å². The number of rotatable bonds is 10. The summed E-state index contributed by atoms with van der Waals surface area (Å²) < 4.78 is 8.66. The van der Waals surface area contributed by atoms with Crippen molar-refractivity contribution in [2.24, 2.45) is 0 Å². The minimum atomic E-state index is -1.20. The van der Waals surface area contributed by atoms with Crippen molar-refractivity contribution in [3.8, 4) is 40.2 Å². The number of carbonyl (C=O) groups is 2. The van der Waals surface area contributed by atoms with Gasteiger partial charge in [0, 0.05) is 51.9 Å². The zero-order valence-corrected chi connectivity index (χ0v) is 26.2. The Hall–Kier alpha value is -4.18. The summed E-state index contributed by atoms with van der Waals surface area (Å²) in [6.45, 7) is 6.59. The lowest BCUT2D eigenvalue weighted by atomic mass is 10.1. The maximum absolute atomic E-state index is 13.7. The van der Waals surface area contributed by atoms with E-state index in [9.17, 15) is 20.0 Å². The van der Waals surface area contributed by atoms with Gasteiger partial charge < -0.3 is 14.6 Å². The van der Waals surface area contributed by atoms with Gasteiger partial charge in [0.05, 0.1) is 23.3 Å². The molecule has 0 amide bonds. The number of nitrogens with zero attached hydrogens (tertiary/aromatic N) is 5. The van der Waals surface area contributed by atoms with Crippen molar-refractivity contribution in [3.05, 3.63) is 71.9 Å². The number of aliphatic carboxylic acids is 1. The lowest BCUT2D eigenvalue weighted by Crippen LogP contribution is -2.33. The number of ether oxygens (including phenoxy) is 2. The number of carbonyl (C=O) groups excluding carboxylic acids is 1. The van der Waals surface area contributed by atoms with E-state index in [0.717, 1.165) is 27.8 Å². The molecular formula is C30H26ClN5O5S2. The van der Waals surface area contributed by atoms with E-state index in [4.69, 9.17) is 21.1 Å². The second-order valence-corrected chi connectivity index (χ2v) is 13.8. The van der Waals surface area contributed by atoms with Crippen molar-refractivity contribution in [1.29, 1.82) is 5.26 Å². The smallest absolute Gasteiger partial charge is 0.328 e. The van der Waals surface area contributed by atoms with Crippen LogP contribution in [0.3, 0.4) is 0 Å². The van der Waals surface area contributed by atoms with Gasteiger partial charge in [-0.25, -0.2) is 15.0 Å². The van der Waals surface area contributed by atoms with Crippen LogP contribution in [0.25, 0.3) is 22.3 Å². The van der Waals surface area contributed by atoms with E-state index in [0.29, 0.717) is 26.6 Å². The molecule has 0 saturated heterocycles. The van der Waals surface area contributed by atoms with E-state index in [1.807, 2.05) is 6.07 Å². The summed E-state index contributed by atoms with van der Waals surface area (Å²) >= 11 is 8.62. The number of halogens is 1. The van der Waals surface area contributed by atoms with Crippen LogP contribution in [0.1, 0.15) is 33.3 Å². The monoisotopic (exact) mass is 635 g/mol. The highest BCUT2D eigenvalue weighted by molar-refractivity contribution is 8.01. The Morgan fingerprint density at radius 3 is 2.23 bits per heavy atom. The van der Waals surface area contributed by atoms with Crippen LogP contribution in [0, 0.1) is 11.3 Å². The lowest BCUT2D eigenvalue weighted by Gasteiger charge is -2.25. The van der Waals surface area contributed by atoms with Crippen molar-refractivity contribution in [3.63, 3.8) is 0 Å². The molecule has 3 heterocycles. The summed E-state index contributed by atoms with van der Waals surface area (Å²) in [5.41, 5.74) is 2.64. The number of thioether (sulfide) groups is 2. The van der Waals surface area contributed by atoms with E-state index in [1.54, 1.807) is 70.4 Å².